The van der Waals surface area contributed by atoms with Gasteiger partial charge in [-0.3, -0.25) is 9.69 Å². The van der Waals surface area contributed by atoms with Gasteiger partial charge in [0.2, 0.25) is 0 Å². The first-order chi connectivity index (χ1) is 17.7. The van der Waals surface area contributed by atoms with Gasteiger partial charge < -0.3 is 9.47 Å². The summed E-state index contributed by atoms with van der Waals surface area (Å²) >= 11 is 4.98. The van der Waals surface area contributed by atoms with E-state index in [1.807, 2.05) is 70.2 Å². The maximum Gasteiger partial charge on any atom is 0.271 e. The monoisotopic (exact) mass is 578 g/mol. The molecule has 0 radical (unpaired) electrons. The second-order valence-electron chi connectivity index (χ2n) is 9.03. The third-order valence-corrected chi connectivity index (χ3v) is 7.18. The Morgan fingerprint density at radius 2 is 1.46 bits per heavy atom. The van der Waals surface area contributed by atoms with E-state index < -0.39 is 0 Å². The topological polar surface area (TPSA) is 51.1 Å². The zero-order chi connectivity index (χ0) is 26.7. The zero-order valence-corrected chi connectivity index (χ0v) is 24.4. The summed E-state index contributed by atoms with van der Waals surface area (Å²) in [7, 11) is 0. The van der Waals surface area contributed by atoms with Crippen LogP contribution in [0.3, 0.4) is 0 Å². The molecule has 37 heavy (non-hydrogen) atoms. The van der Waals surface area contributed by atoms with E-state index in [9.17, 15) is 4.79 Å². The highest BCUT2D eigenvalue weighted by Crippen LogP contribution is 2.41. The lowest BCUT2D eigenvalue weighted by molar-refractivity contribution is -0.113. The molecule has 4 rings (SSSR count). The van der Waals surface area contributed by atoms with E-state index in [1.54, 1.807) is 4.90 Å². The highest BCUT2D eigenvalue weighted by molar-refractivity contribution is 9.10. The minimum atomic E-state index is -0.110. The number of aryl methyl sites for hydroxylation is 4. The number of amides is 1. The van der Waals surface area contributed by atoms with Crippen molar-refractivity contribution in [3.63, 3.8) is 0 Å². The van der Waals surface area contributed by atoms with Crippen LogP contribution >= 0.6 is 27.7 Å². The zero-order valence-electron chi connectivity index (χ0n) is 22.0. The molecular formula is C30H31BrN2O3S. The van der Waals surface area contributed by atoms with Crippen LogP contribution in [0.25, 0.3) is 6.08 Å². The lowest BCUT2D eigenvalue weighted by Gasteiger charge is -2.17. The van der Waals surface area contributed by atoms with Gasteiger partial charge in [-0.05, 0) is 140 Å². The largest absolute Gasteiger partial charge is 0.490 e. The van der Waals surface area contributed by atoms with E-state index in [4.69, 9.17) is 14.5 Å². The Bertz CT molecular complexity index is 1370. The molecule has 0 saturated carbocycles. The molecule has 7 heteroatoms. The van der Waals surface area contributed by atoms with Gasteiger partial charge in [0, 0.05) is 0 Å². The molecule has 0 aromatic heterocycles. The van der Waals surface area contributed by atoms with E-state index in [1.165, 1.54) is 11.8 Å². The molecule has 5 nitrogen and oxygen atoms in total. The Morgan fingerprint density at radius 3 is 2.05 bits per heavy atom. The molecule has 0 N–H and O–H groups in total. The summed E-state index contributed by atoms with van der Waals surface area (Å²) in [6.07, 6.45) is 1.88. The molecule has 0 bridgehead atoms. The molecule has 3 aromatic rings. The third-order valence-electron chi connectivity index (χ3n) is 5.62. The number of carbonyl (C=O) groups excluding carboxylic acids is 1. The normalized spacial score (nSPS) is 15.6. The van der Waals surface area contributed by atoms with Gasteiger partial charge in [-0.25, -0.2) is 4.99 Å². The average molecular weight is 580 g/mol. The molecular weight excluding hydrogens is 548 g/mol. The summed E-state index contributed by atoms with van der Waals surface area (Å²) in [5.74, 6) is 1.18. The van der Waals surface area contributed by atoms with Crippen LogP contribution in [0.15, 0.2) is 62.9 Å². The Hall–Kier alpha value is -3.03. The Kier molecular flexibility index (Phi) is 8.45. The van der Waals surface area contributed by atoms with Crippen LogP contribution in [-0.4, -0.2) is 24.3 Å². The van der Waals surface area contributed by atoms with Crippen molar-refractivity contribution in [2.45, 2.75) is 41.5 Å². The van der Waals surface area contributed by atoms with Crippen LogP contribution < -0.4 is 14.4 Å². The van der Waals surface area contributed by atoms with Gasteiger partial charge in [0.05, 0.1) is 34.0 Å². The van der Waals surface area contributed by atoms with Gasteiger partial charge in [0.15, 0.2) is 16.7 Å². The fourth-order valence-corrected chi connectivity index (χ4v) is 5.93. The number of carbonyl (C=O) groups is 1. The molecule has 1 fully saturated rings. The van der Waals surface area contributed by atoms with Crippen molar-refractivity contribution in [2.24, 2.45) is 4.99 Å². The SMILES string of the molecule is CCOc1cc(/C=C2/SC(=Nc3cc(C)cc(C)c3)N(c3cc(C)cc(C)c3)C2=O)cc(Br)c1OCC. The molecule has 0 unspecified atom stereocenters. The van der Waals surface area contributed by atoms with Crippen molar-refractivity contribution in [3.05, 3.63) is 85.7 Å². The number of benzene rings is 3. The lowest BCUT2D eigenvalue weighted by atomic mass is 10.1. The standard InChI is InChI=1S/C30H31BrN2O3S/c1-7-35-26-16-22(15-25(31)28(26)36-8-2)17-27-29(34)33(24-13-20(5)10-21(6)14-24)30(37-27)32-23-11-18(3)9-19(4)12-23/h9-17H,7-8H2,1-6H3/b27-17+,32-30?. The summed E-state index contributed by atoms with van der Waals surface area (Å²) in [5.41, 5.74) is 6.91. The van der Waals surface area contributed by atoms with Crippen molar-refractivity contribution in [1.29, 1.82) is 0 Å². The fourth-order valence-electron chi connectivity index (χ4n) is 4.35. The summed E-state index contributed by atoms with van der Waals surface area (Å²) < 4.78 is 12.4. The maximum absolute atomic E-state index is 13.8. The van der Waals surface area contributed by atoms with Gasteiger partial charge in [-0.2, -0.15) is 0 Å². The van der Waals surface area contributed by atoms with E-state index in [2.05, 4.69) is 41.9 Å². The highest BCUT2D eigenvalue weighted by atomic mass is 79.9. The van der Waals surface area contributed by atoms with Gasteiger partial charge >= 0.3 is 0 Å². The molecule has 3 aromatic carbocycles. The van der Waals surface area contributed by atoms with E-state index in [0.717, 1.165) is 43.7 Å². The number of hydrogen-bond donors (Lipinski definition) is 0. The number of nitrogens with zero attached hydrogens (tertiary/aromatic N) is 2. The van der Waals surface area contributed by atoms with Crippen molar-refractivity contribution in [3.8, 4) is 11.5 Å². The fraction of sp³-hybridized carbons (Fsp3) is 0.267. The third kappa shape index (κ3) is 6.28. The average Bonchev–Trinajstić information content (AvgIpc) is 3.09. The van der Waals surface area contributed by atoms with Crippen molar-refractivity contribution < 1.29 is 14.3 Å². The van der Waals surface area contributed by atoms with E-state index in [-0.39, 0.29) is 5.91 Å². The molecule has 1 aliphatic heterocycles. The van der Waals surface area contributed by atoms with Crippen molar-refractivity contribution in [1.82, 2.24) is 0 Å². The van der Waals surface area contributed by atoms with Crippen LogP contribution in [0.2, 0.25) is 0 Å². The smallest absolute Gasteiger partial charge is 0.271 e. The van der Waals surface area contributed by atoms with Crippen LogP contribution in [0.4, 0.5) is 11.4 Å². The maximum atomic E-state index is 13.8. The summed E-state index contributed by atoms with van der Waals surface area (Å²) in [6.45, 7) is 13.1. The first-order valence-corrected chi connectivity index (χ1v) is 13.9. The number of ether oxygens (including phenoxy) is 2. The van der Waals surface area contributed by atoms with Gasteiger partial charge in [0.25, 0.3) is 5.91 Å². The van der Waals surface area contributed by atoms with Crippen LogP contribution in [0, 0.1) is 27.7 Å². The number of amidine groups is 1. The number of rotatable bonds is 7. The minimum Gasteiger partial charge on any atom is -0.490 e. The van der Waals surface area contributed by atoms with Crippen molar-refractivity contribution >= 4 is 56.2 Å². The van der Waals surface area contributed by atoms with Crippen LogP contribution in [0.1, 0.15) is 41.7 Å². The summed E-state index contributed by atoms with van der Waals surface area (Å²) in [5, 5.41) is 0.626. The summed E-state index contributed by atoms with van der Waals surface area (Å²) in [4.78, 5) is 21.0. The van der Waals surface area contributed by atoms with Crippen LogP contribution in [0.5, 0.6) is 11.5 Å². The molecule has 0 aliphatic carbocycles. The number of halogens is 1. The molecule has 1 amide bonds. The number of hydrogen-bond acceptors (Lipinski definition) is 5. The number of thioether (sulfide) groups is 1. The number of aliphatic imine (C=N–C) groups is 1. The lowest BCUT2D eigenvalue weighted by Crippen LogP contribution is -2.28. The second kappa shape index (κ2) is 11.6. The van der Waals surface area contributed by atoms with Crippen LogP contribution in [-0.2, 0) is 4.79 Å². The molecule has 1 aliphatic rings. The summed E-state index contributed by atoms with van der Waals surface area (Å²) in [6, 6.07) is 16.2. The quantitative estimate of drug-likeness (QED) is 0.264. The van der Waals surface area contributed by atoms with Gasteiger partial charge in [-0.1, -0.05) is 12.1 Å². The Labute approximate surface area is 231 Å². The minimum absolute atomic E-state index is 0.110. The van der Waals surface area contributed by atoms with E-state index in [0.29, 0.717) is 34.8 Å². The number of anilines is 1. The van der Waals surface area contributed by atoms with Crippen molar-refractivity contribution in [2.75, 3.05) is 18.1 Å². The molecule has 1 heterocycles. The Balaban J connectivity index is 1.82. The first-order valence-electron chi connectivity index (χ1n) is 12.3. The van der Waals surface area contributed by atoms with Gasteiger partial charge in [-0.15, -0.1) is 0 Å². The predicted molar refractivity (Wildman–Crippen MR) is 158 cm³/mol. The van der Waals surface area contributed by atoms with E-state index >= 15 is 0 Å². The predicted octanol–water partition coefficient (Wildman–Crippen LogP) is 8.29. The molecule has 1 saturated heterocycles. The first kappa shape index (κ1) is 27.0. The second-order valence-corrected chi connectivity index (χ2v) is 10.9. The molecule has 0 spiro atoms. The molecule has 0 atom stereocenters. The Morgan fingerprint density at radius 1 is 0.865 bits per heavy atom. The van der Waals surface area contributed by atoms with Gasteiger partial charge in [0.1, 0.15) is 0 Å². The molecule has 192 valence electrons. The highest BCUT2D eigenvalue weighted by Gasteiger charge is 2.35.